The molecule has 0 radical (unpaired) electrons. The smallest absolute Gasteiger partial charge is 0.211 e. The number of anilines is 1. The maximum Gasteiger partial charge on any atom is 0.211 e. The van der Waals surface area contributed by atoms with E-state index in [1.165, 1.54) is 0 Å². The van der Waals surface area contributed by atoms with Crippen LogP contribution in [0.1, 0.15) is 15.9 Å². The molecule has 1 heterocycles. The van der Waals surface area contributed by atoms with Crippen LogP contribution in [0.5, 0.6) is 0 Å². The zero-order chi connectivity index (χ0) is 18.1. The number of allylic oxidation sites excluding steroid dienone is 1. The summed E-state index contributed by atoms with van der Waals surface area (Å²) < 4.78 is 25.2. The van der Waals surface area contributed by atoms with Gasteiger partial charge in [0.2, 0.25) is 15.6 Å². The van der Waals surface area contributed by atoms with Crippen LogP contribution >= 0.6 is 0 Å². The Morgan fingerprint density at radius 2 is 1.35 bits per heavy atom. The SMILES string of the molecule is O=C1C(=Cc2ccc(S(=O)(=O)c3ccccc3)cc2)Nc2ccccc21. The molecule has 3 aromatic rings. The molecule has 0 spiro atoms. The molecule has 4 rings (SSSR count). The van der Waals surface area contributed by atoms with E-state index in [9.17, 15) is 13.2 Å². The topological polar surface area (TPSA) is 63.2 Å². The molecule has 26 heavy (non-hydrogen) atoms. The van der Waals surface area contributed by atoms with Crippen LogP contribution in [-0.4, -0.2) is 14.2 Å². The van der Waals surface area contributed by atoms with Crippen molar-refractivity contribution < 1.29 is 13.2 Å². The lowest BCUT2D eigenvalue weighted by molar-refractivity contribution is 0.104. The van der Waals surface area contributed by atoms with Gasteiger partial charge in [-0.2, -0.15) is 0 Å². The molecule has 0 aliphatic carbocycles. The first-order valence-electron chi connectivity index (χ1n) is 8.08. The number of hydrogen-bond acceptors (Lipinski definition) is 4. The van der Waals surface area contributed by atoms with Crippen molar-refractivity contribution in [3.63, 3.8) is 0 Å². The highest BCUT2D eigenvalue weighted by atomic mass is 32.2. The molecular weight excluding hydrogens is 346 g/mol. The average Bonchev–Trinajstić information content (AvgIpc) is 2.99. The van der Waals surface area contributed by atoms with Crippen LogP contribution in [0.15, 0.2) is 94.4 Å². The van der Waals surface area contributed by atoms with Gasteiger partial charge >= 0.3 is 0 Å². The summed E-state index contributed by atoms with van der Waals surface area (Å²) >= 11 is 0. The second-order valence-electron chi connectivity index (χ2n) is 5.94. The van der Waals surface area contributed by atoms with E-state index in [0.29, 0.717) is 11.3 Å². The Morgan fingerprint density at radius 1 is 0.731 bits per heavy atom. The third-order valence-corrected chi connectivity index (χ3v) is 6.03. The standard InChI is InChI=1S/C21H15NO3S/c23-21-18-8-4-5-9-19(18)22-20(21)14-15-10-12-17(13-11-15)26(24,25)16-6-2-1-3-7-16/h1-14,22H. The second-order valence-corrected chi connectivity index (χ2v) is 7.89. The lowest BCUT2D eigenvalue weighted by Crippen LogP contribution is -2.02. The quantitative estimate of drug-likeness (QED) is 0.711. The van der Waals surface area contributed by atoms with Crippen molar-refractivity contribution in [2.45, 2.75) is 9.79 Å². The number of hydrogen-bond donors (Lipinski definition) is 1. The third kappa shape index (κ3) is 2.82. The molecular formula is C21H15NO3S. The van der Waals surface area contributed by atoms with Gasteiger partial charge in [0, 0.05) is 11.3 Å². The highest BCUT2D eigenvalue weighted by molar-refractivity contribution is 7.91. The first-order valence-corrected chi connectivity index (χ1v) is 9.57. The lowest BCUT2D eigenvalue weighted by Gasteiger charge is -2.05. The Labute approximate surface area is 151 Å². The minimum absolute atomic E-state index is 0.0680. The van der Waals surface area contributed by atoms with E-state index in [1.807, 2.05) is 18.2 Å². The zero-order valence-electron chi connectivity index (χ0n) is 13.7. The number of Topliss-reactive ketones (excluding diaryl/α,β-unsaturated/α-hetero) is 1. The number of benzene rings is 3. The largest absolute Gasteiger partial charge is 0.352 e. The van der Waals surface area contributed by atoms with Crippen LogP contribution < -0.4 is 5.32 Å². The summed E-state index contributed by atoms with van der Waals surface area (Å²) in [7, 11) is -3.54. The van der Waals surface area contributed by atoms with Gasteiger partial charge in [0.05, 0.1) is 15.5 Å². The van der Waals surface area contributed by atoms with E-state index in [2.05, 4.69) is 5.32 Å². The van der Waals surface area contributed by atoms with Gasteiger partial charge in [-0.25, -0.2) is 8.42 Å². The van der Waals surface area contributed by atoms with Crippen molar-refractivity contribution in [3.8, 4) is 0 Å². The van der Waals surface area contributed by atoms with Crippen LogP contribution in [0.3, 0.4) is 0 Å². The van der Waals surface area contributed by atoms with Gasteiger partial charge in [0.15, 0.2) is 0 Å². The second kappa shape index (κ2) is 6.28. The molecule has 1 aliphatic heterocycles. The van der Waals surface area contributed by atoms with E-state index in [0.717, 1.165) is 11.3 Å². The Balaban J connectivity index is 1.63. The maximum absolute atomic E-state index is 12.6. The van der Waals surface area contributed by atoms with E-state index >= 15 is 0 Å². The molecule has 0 fully saturated rings. The summed E-state index contributed by atoms with van der Waals surface area (Å²) in [6, 6.07) is 22.1. The van der Waals surface area contributed by atoms with Crippen LogP contribution in [0.4, 0.5) is 5.69 Å². The Hall–Kier alpha value is -3.18. The van der Waals surface area contributed by atoms with Crippen molar-refractivity contribution in [1.82, 2.24) is 0 Å². The van der Waals surface area contributed by atoms with Gasteiger partial charge in [-0.05, 0) is 48.0 Å². The fourth-order valence-corrected chi connectivity index (χ4v) is 4.17. The number of ketones is 1. The maximum atomic E-state index is 12.6. The predicted molar refractivity (Wildman–Crippen MR) is 101 cm³/mol. The fraction of sp³-hybridized carbons (Fsp3) is 0. The molecule has 3 aromatic carbocycles. The van der Waals surface area contributed by atoms with Crippen LogP contribution in [0.2, 0.25) is 0 Å². The molecule has 128 valence electrons. The molecule has 4 nitrogen and oxygen atoms in total. The van der Waals surface area contributed by atoms with Crippen molar-refractivity contribution in [2.24, 2.45) is 0 Å². The minimum Gasteiger partial charge on any atom is -0.352 e. The number of fused-ring (bicyclic) bond motifs is 1. The average molecular weight is 361 g/mol. The first-order chi connectivity index (χ1) is 12.6. The molecule has 0 bridgehead atoms. The van der Waals surface area contributed by atoms with Crippen molar-refractivity contribution in [2.75, 3.05) is 5.32 Å². The van der Waals surface area contributed by atoms with Gasteiger partial charge in [-0.1, -0.05) is 42.5 Å². The molecule has 5 heteroatoms. The molecule has 1 aliphatic rings. The zero-order valence-corrected chi connectivity index (χ0v) is 14.5. The summed E-state index contributed by atoms with van der Waals surface area (Å²) in [6.45, 7) is 0. The van der Waals surface area contributed by atoms with Crippen LogP contribution in [-0.2, 0) is 9.84 Å². The lowest BCUT2D eigenvalue weighted by atomic mass is 10.1. The Bertz CT molecular complexity index is 1120. The van der Waals surface area contributed by atoms with Crippen molar-refractivity contribution >= 4 is 27.4 Å². The minimum atomic E-state index is -3.54. The fourth-order valence-electron chi connectivity index (χ4n) is 2.88. The number of carbonyl (C=O) groups excluding carboxylic acids is 1. The van der Waals surface area contributed by atoms with Gasteiger partial charge in [-0.3, -0.25) is 4.79 Å². The van der Waals surface area contributed by atoms with E-state index in [1.54, 1.807) is 66.7 Å². The molecule has 0 amide bonds. The summed E-state index contributed by atoms with van der Waals surface area (Å²) in [4.78, 5) is 12.9. The van der Waals surface area contributed by atoms with Crippen LogP contribution in [0, 0.1) is 0 Å². The van der Waals surface area contributed by atoms with E-state index in [-0.39, 0.29) is 15.6 Å². The third-order valence-electron chi connectivity index (χ3n) is 4.24. The molecule has 0 saturated heterocycles. The van der Waals surface area contributed by atoms with E-state index in [4.69, 9.17) is 0 Å². The summed E-state index contributed by atoms with van der Waals surface area (Å²) in [5, 5.41) is 3.10. The molecule has 0 aromatic heterocycles. The summed E-state index contributed by atoms with van der Waals surface area (Å²) in [5.74, 6) is -0.0680. The van der Waals surface area contributed by atoms with Gasteiger partial charge in [0.25, 0.3) is 0 Å². The number of nitrogens with one attached hydrogen (secondary N) is 1. The number of carbonyl (C=O) groups is 1. The highest BCUT2D eigenvalue weighted by Gasteiger charge is 2.23. The molecule has 0 unspecified atom stereocenters. The predicted octanol–water partition coefficient (Wildman–Crippen LogP) is 4.17. The van der Waals surface area contributed by atoms with Crippen molar-refractivity contribution in [1.29, 1.82) is 0 Å². The van der Waals surface area contributed by atoms with Crippen LogP contribution in [0.25, 0.3) is 6.08 Å². The molecule has 1 N–H and O–H groups in total. The van der Waals surface area contributed by atoms with Gasteiger partial charge in [-0.15, -0.1) is 0 Å². The van der Waals surface area contributed by atoms with Gasteiger partial charge < -0.3 is 5.32 Å². The Kier molecular flexibility index (Phi) is 3.93. The monoisotopic (exact) mass is 361 g/mol. The highest BCUT2D eigenvalue weighted by Crippen LogP contribution is 2.29. The summed E-state index contributed by atoms with van der Waals surface area (Å²) in [5.41, 5.74) is 2.65. The number of sulfone groups is 1. The number of para-hydroxylation sites is 1. The van der Waals surface area contributed by atoms with E-state index < -0.39 is 9.84 Å². The van der Waals surface area contributed by atoms with Gasteiger partial charge in [0.1, 0.15) is 0 Å². The summed E-state index contributed by atoms with van der Waals surface area (Å²) in [6.07, 6.45) is 1.72. The molecule has 0 atom stereocenters. The first kappa shape index (κ1) is 16.3. The Morgan fingerprint density at radius 3 is 2.04 bits per heavy atom. The molecule has 0 saturated carbocycles. The number of rotatable bonds is 3. The van der Waals surface area contributed by atoms with Crippen molar-refractivity contribution in [3.05, 3.63) is 95.7 Å². The normalized spacial score (nSPS) is 14.9.